The predicted molar refractivity (Wildman–Crippen MR) is 144 cm³/mol. The molecule has 0 heterocycles. The van der Waals surface area contributed by atoms with E-state index in [1.165, 1.54) is 0 Å². The fourth-order valence-corrected chi connectivity index (χ4v) is 4.53. The van der Waals surface area contributed by atoms with Gasteiger partial charge in [-0.2, -0.15) is 0 Å². The Bertz CT molecular complexity index is 1330. The van der Waals surface area contributed by atoms with Crippen LogP contribution in [-0.2, 0) is 12.8 Å². The molecule has 4 aromatic rings. The maximum Gasteiger partial charge on any atom is 0.193 e. The molecule has 0 fully saturated rings. The van der Waals surface area contributed by atoms with Crippen molar-refractivity contribution in [1.82, 2.24) is 0 Å². The molecule has 0 atom stereocenters. The van der Waals surface area contributed by atoms with E-state index in [9.17, 15) is 14.4 Å². The fraction of sp³-hybridized carbons (Fsp3) is 0.182. The summed E-state index contributed by atoms with van der Waals surface area (Å²) in [4.78, 5) is 38.4. The average Bonchev–Trinajstić information content (AvgIpc) is 2.84. The van der Waals surface area contributed by atoms with E-state index in [2.05, 4.69) is 0 Å². The van der Waals surface area contributed by atoms with E-state index in [-0.39, 0.29) is 17.3 Å². The minimum absolute atomic E-state index is 0.0672. The molecule has 4 aromatic carbocycles. The molecule has 0 bridgehead atoms. The molecule has 3 nitrogen and oxygen atoms in total. The lowest BCUT2D eigenvalue weighted by Gasteiger charge is -2.08. The molecule has 0 aromatic heterocycles. The zero-order valence-electron chi connectivity index (χ0n) is 21.2. The Hall–Kier alpha value is -4.11. The first-order chi connectivity index (χ1) is 17.2. The Labute approximate surface area is 212 Å². The van der Waals surface area contributed by atoms with Crippen LogP contribution in [0.15, 0.2) is 84.9 Å². The van der Waals surface area contributed by atoms with Gasteiger partial charge in [0.05, 0.1) is 0 Å². The number of carbonyl (C=O) groups is 3. The molecule has 0 aliphatic carbocycles. The molecule has 180 valence electrons. The van der Waals surface area contributed by atoms with E-state index < -0.39 is 0 Å². The zero-order valence-corrected chi connectivity index (χ0v) is 21.2. The van der Waals surface area contributed by atoms with Crippen LogP contribution in [0.2, 0.25) is 0 Å². The summed E-state index contributed by atoms with van der Waals surface area (Å²) in [5, 5.41) is 0. The predicted octanol–water partition coefficient (Wildman–Crippen LogP) is 7.00. The van der Waals surface area contributed by atoms with Gasteiger partial charge in [0.2, 0.25) is 0 Å². The monoisotopic (exact) mass is 474 g/mol. The second-order valence-corrected chi connectivity index (χ2v) is 9.56. The molecular formula is C33H30O3. The highest BCUT2D eigenvalue weighted by molar-refractivity contribution is 6.09. The largest absolute Gasteiger partial charge is 0.294 e. The van der Waals surface area contributed by atoms with Gasteiger partial charge in [-0.1, -0.05) is 96.1 Å². The molecule has 0 unspecified atom stereocenters. The molecule has 0 aliphatic rings. The van der Waals surface area contributed by atoms with Crippen LogP contribution in [0.3, 0.4) is 0 Å². The smallest absolute Gasteiger partial charge is 0.193 e. The van der Waals surface area contributed by atoms with Crippen molar-refractivity contribution in [1.29, 1.82) is 0 Å². The Morgan fingerprint density at radius 1 is 0.500 bits per heavy atom. The SMILES string of the molecule is Cc1ccc(C(=O)Cc2ccc(C(=O)c3ccc(CC(=O)c4ccc(C)cc4C)cc3)cc2)c(C)c1. The van der Waals surface area contributed by atoms with Crippen LogP contribution in [0, 0.1) is 27.7 Å². The first kappa shape index (κ1) is 25.0. The summed E-state index contributed by atoms with van der Waals surface area (Å²) in [5.74, 6) is 0.0459. The molecule has 0 radical (unpaired) electrons. The number of Topliss-reactive ketones (excluding diaryl/α,β-unsaturated/α-hetero) is 2. The number of ketones is 3. The van der Waals surface area contributed by atoms with E-state index in [1.807, 2.05) is 88.4 Å². The average molecular weight is 475 g/mol. The van der Waals surface area contributed by atoms with E-state index in [0.29, 0.717) is 24.0 Å². The number of rotatable bonds is 8. The summed E-state index contributed by atoms with van der Waals surface area (Å²) < 4.78 is 0. The van der Waals surface area contributed by atoms with Gasteiger partial charge in [-0.3, -0.25) is 14.4 Å². The fourth-order valence-electron chi connectivity index (χ4n) is 4.53. The van der Waals surface area contributed by atoms with Gasteiger partial charge in [-0.25, -0.2) is 0 Å². The van der Waals surface area contributed by atoms with Crippen molar-refractivity contribution in [2.24, 2.45) is 0 Å². The number of hydrogen-bond acceptors (Lipinski definition) is 3. The third kappa shape index (κ3) is 5.75. The van der Waals surface area contributed by atoms with Gasteiger partial charge in [0.1, 0.15) is 0 Å². The van der Waals surface area contributed by atoms with E-state index in [1.54, 1.807) is 24.3 Å². The minimum atomic E-state index is -0.0884. The highest BCUT2D eigenvalue weighted by Gasteiger charge is 2.14. The normalized spacial score (nSPS) is 10.8. The van der Waals surface area contributed by atoms with Crippen LogP contribution in [0.1, 0.15) is 70.0 Å². The number of benzene rings is 4. The van der Waals surface area contributed by atoms with E-state index in [4.69, 9.17) is 0 Å². The lowest BCUT2D eigenvalue weighted by molar-refractivity contribution is 0.0984. The second-order valence-electron chi connectivity index (χ2n) is 9.56. The van der Waals surface area contributed by atoms with Crippen LogP contribution in [-0.4, -0.2) is 17.3 Å². The van der Waals surface area contributed by atoms with Gasteiger partial charge < -0.3 is 0 Å². The molecule has 0 saturated carbocycles. The molecule has 3 heteroatoms. The van der Waals surface area contributed by atoms with Crippen LogP contribution < -0.4 is 0 Å². The maximum absolute atomic E-state index is 13.0. The molecular weight excluding hydrogens is 444 g/mol. The van der Waals surface area contributed by atoms with Crippen molar-refractivity contribution < 1.29 is 14.4 Å². The Balaban J connectivity index is 1.40. The minimum Gasteiger partial charge on any atom is -0.294 e. The van der Waals surface area contributed by atoms with Crippen LogP contribution >= 0.6 is 0 Å². The van der Waals surface area contributed by atoms with Gasteiger partial charge in [0.15, 0.2) is 17.3 Å². The summed E-state index contributed by atoms with van der Waals surface area (Å²) in [6.07, 6.45) is 0.586. The topological polar surface area (TPSA) is 51.2 Å². The number of carbonyl (C=O) groups excluding carboxylic acids is 3. The molecule has 0 saturated heterocycles. The van der Waals surface area contributed by atoms with Crippen molar-refractivity contribution in [3.05, 3.63) is 141 Å². The molecule has 36 heavy (non-hydrogen) atoms. The van der Waals surface area contributed by atoms with Crippen LogP contribution in [0.25, 0.3) is 0 Å². The molecule has 0 spiro atoms. The Morgan fingerprint density at radius 3 is 1.19 bits per heavy atom. The van der Waals surface area contributed by atoms with Gasteiger partial charge >= 0.3 is 0 Å². The van der Waals surface area contributed by atoms with Crippen molar-refractivity contribution in [2.75, 3.05) is 0 Å². The van der Waals surface area contributed by atoms with E-state index >= 15 is 0 Å². The highest BCUT2D eigenvalue weighted by atomic mass is 16.1. The summed E-state index contributed by atoms with van der Waals surface area (Å²) in [6, 6.07) is 26.1. The van der Waals surface area contributed by atoms with Crippen molar-refractivity contribution in [3.8, 4) is 0 Å². The van der Waals surface area contributed by atoms with Crippen molar-refractivity contribution >= 4 is 17.3 Å². The van der Waals surface area contributed by atoms with Gasteiger partial charge in [-0.05, 0) is 49.9 Å². The molecule has 0 aliphatic heterocycles. The summed E-state index contributed by atoms with van der Waals surface area (Å²) in [7, 11) is 0. The van der Waals surface area contributed by atoms with Crippen molar-refractivity contribution in [3.63, 3.8) is 0 Å². The number of aryl methyl sites for hydroxylation is 4. The lowest BCUT2D eigenvalue weighted by atomic mass is 9.95. The van der Waals surface area contributed by atoms with Crippen LogP contribution in [0.4, 0.5) is 0 Å². The molecule has 0 amide bonds. The molecule has 0 N–H and O–H groups in total. The number of hydrogen-bond donors (Lipinski definition) is 0. The maximum atomic E-state index is 13.0. The van der Waals surface area contributed by atoms with Gasteiger partial charge in [0, 0.05) is 35.1 Å². The summed E-state index contributed by atoms with van der Waals surface area (Å²) >= 11 is 0. The quantitative estimate of drug-likeness (QED) is 0.258. The van der Waals surface area contributed by atoms with Gasteiger partial charge in [0.25, 0.3) is 0 Å². The second kappa shape index (κ2) is 10.7. The standard InChI is InChI=1S/C33H30O3/c1-21-5-15-29(23(3)17-21)31(34)19-25-7-11-27(12-8-25)33(36)28-13-9-26(10-14-28)20-32(35)30-16-6-22(2)18-24(30)4/h5-18H,19-20H2,1-4H3. The van der Waals surface area contributed by atoms with Crippen molar-refractivity contribution in [2.45, 2.75) is 40.5 Å². The Morgan fingerprint density at radius 2 is 0.861 bits per heavy atom. The zero-order chi connectivity index (χ0) is 25.8. The van der Waals surface area contributed by atoms with Gasteiger partial charge in [-0.15, -0.1) is 0 Å². The first-order valence-electron chi connectivity index (χ1n) is 12.1. The highest BCUT2D eigenvalue weighted by Crippen LogP contribution is 2.18. The Kier molecular flexibility index (Phi) is 7.40. The third-order valence-electron chi connectivity index (χ3n) is 6.53. The lowest BCUT2D eigenvalue weighted by Crippen LogP contribution is -2.07. The van der Waals surface area contributed by atoms with E-state index in [0.717, 1.165) is 44.5 Å². The summed E-state index contributed by atoms with van der Waals surface area (Å²) in [5.41, 5.74) is 8.56. The third-order valence-corrected chi connectivity index (χ3v) is 6.53. The van der Waals surface area contributed by atoms with Crippen LogP contribution in [0.5, 0.6) is 0 Å². The summed E-state index contributed by atoms with van der Waals surface area (Å²) in [6.45, 7) is 7.92. The first-order valence-corrected chi connectivity index (χ1v) is 12.1. The molecule has 4 rings (SSSR count).